The SMILES string of the molecule is CC/C=C\C/C=C\C/C=C\C/C=C\C/C=C\C/C=C\CCC(=O)NCCCCN. The fraction of sp³-hybridized carbons (Fsp3) is 0.500. The van der Waals surface area contributed by atoms with Crippen LogP contribution in [0.4, 0.5) is 0 Å². The topological polar surface area (TPSA) is 55.1 Å². The van der Waals surface area contributed by atoms with E-state index in [0.717, 1.165) is 64.3 Å². The zero-order valence-electron chi connectivity index (χ0n) is 18.4. The molecule has 0 spiro atoms. The van der Waals surface area contributed by atoms with Crippen LogP contribution in [0.5, 0.6) is 0 Å². The van der Waals surface area contributed by atoms with Gasteiger partial charge in [0.05, 0.1) is 0 Å². The summed E-state index contributed by atoms with van der Waals surface area (Å²) in [6.45, 7) is 3.58. The van der Waals surface area contributed by atoms with Gasteiger partial charge in [0.15, 0.2) is 0 Å². The molecule has 0 aliphatic rings. The van der Waals surface area contributed by atoms with Crippen LogP contribution in [0.2, 0.25) is 0 Å². The molecule has 0 aromatic rings. The van der Waals surface area contributed by atoms with Crippen LogP contribution in [0.3, 0.4) is 0 Å². The maximum Gasteiger partial charge on any atom is 0.220 e. The first-order chi connectivity index (χ1) is 14.3. The molecular weight excluding hydrogens is 356 g/mol. The van der Waals surface area contributed by atoms with E-state index in [4.69, 9.17) is 5.73 Å². The zero-order valence-corrected chi connectivity index (χ0v) is 18.4. The summed E-state index contributed by atoms with van der Waals surface area (Å²) in [6, 6.07) is 0. The van der Waals surface area contributed by atoms with Gasteiger partial charge < -0.3 is 11.1 Å². The molecule has 0 fully saturated rings. The number of nitrogens with one attached hydrogen (secondary N) is 1. The van der Waals surface area contributed by atoms with Gasteiger partial charge in [-0.05, 0) is 64.3 Å². The Morgan fingerprint density at radius 1 is 0.690 bits per heavy atom. The zero-order chi connectivity index (χ0) is 21.3. The van der Waals surface area contributed by atoms with E-state index >= 15 is 0 Å². The molecule has 0 aromatic heterocycles. The molecule has 0 aliphatic heterocycles. The lowest BCUT2D eigenvalue weighted by atomic mass is 10.2. The molecule has 0 heterocycles. The first kappa shape index (κ1) is 26.9. The molecule has 29 heavy (non-hydrogen) atoms. The highest BCUT2D eigenvalue weighted by atomic mass is 16.1. The molecule has 0 saturated heterocycles. The Morgan fingerprint density at radius 2 is 1.14 bits per heavy atom. The highest BCUT2D eigenvalue weighted by molar-refractivity contribution is 5.75. The number of nitrogens with two attached hydrogens (primary N) is 1. The Kier molecular flexibility index (Phi) is 22.2. The maximum atomic E-state index is 11.6. The molecular formula is C26H42N2O. The van der Waals surface area contributed by atoms with Crippen LogP contribution in [0.1, 0.15) is 71.1 Å². The molecule has 3 N–H and O–H groups in total. The van der Waals surface area contributed by atoms with Crippen molar-refractivity contribution in [2.45, 2.75) is 71.1 Å². The van der Waals surface area contributed by atoms with E-state index in [1.165, 1.54) is 0 Å². The second-order valence-corrected chi connectivity index (χ2v) is 6.80. The average Bonchev–Trinajstić information content (AvgIpc) is 2.73. The Hall–Kier alpha value is -2.13. The van der Waals surface area contributed by atoms with Crippen LogP contribution in [0.15, 0.2) is 72.9 Å². The maximum absolute atomic E-state index is 11.6. The van der Waals surface area contributed by atoms with Gasteiger partial charge in [-0.25, -0.2) is 0 Å². The van der Waals surface area contributed by atoms with Crippen molar-refractivity contribution in [3.05, 3.63) is 72.9 Å². The number of rotatable bonds is 18. The summed E-state index contributed by atoms with van der Waals surface area (Å²) in [5.41, 5.74) is 5.42. The molecule has 0 radical (unpaired) electrons. The van der Waals surface area contributed by atoms with Gasteiger partial charge in [-0.3, -0.25) is 4.79 Å². The van der Waals surface area contributed by atoms with Crippen LogP contribution in [-0.2, 0) is 4.79 Å². The smallest absolute Gasteiger partial charge is 0.220 e. The number of hydrogen-bond acceptors (Lipinski definition) is 2. The van der Waals surface area contributed by atoms with Crippen LogP contribution < -0.4 is 11.1 Å². The third-order valence-corrected chi connectivity index (χ3v) is 4.09. The van der Waals surface area contributed by atoms with Crippen LogP contribution in [-0.4, -0.2) is 19.0 Å². The minimum atomic E-state index is 0.126. The Morgan fingerprint density at radius 3 is 1.59 bits per heavy atom. The molecule has 0 rings (SSSR count). The van der Waals surface area contributed by atoms with Crippen molar-refractivity contribution in [2.75, 3.05) is 13.1 Å². The highest BCUT2D eigenvalue weighted by Crippen LogP contribution is 1.98. The van der Waals surface area contributed by atoms with Gasteiger partial charge in [-0.15, -0.1) is 0 Å². The minimum absolute atomic E-state index is 0.126. The van der Waals surface area contributed by atoms with Gasteiger partial charge in [0.2, 0.25) is 5.91 Å². The number of allylic oxidation sites excluding steroid dienone is 12. The van der Waals surface area contributed by atoms with E-state index < -0.39 is 0 Å². The predicted molar refractivity (Wildman–Crippen MR) is 129 cm³/mol. The fourth-order valence-corrected chi connectivity index (χ4v) is 2.44. The molecule has 3 nitrogen and oxygen atoms in total. The van der Waals surface area contributed by atoms with Crippen molar-refractivity contribution in [1.29, 1.82) is 0 Å². The molecule has 1 amide bonds. The molecule has 0 unspecified atom stereocenters. The Labute approximate surface area is 179 Å². The Balaban J connectivity index is 3.54. The summed E-state index contributed by atoms with van der Waals surface area (Å²) in [7, 11) is 0. The van der Waals surface area contributed by atoms with E-state index in [9.17, 15) is 4.79 Å². The lowest BCUT2D eigenvalue weighted by molar-refractivity contribution is -0.121. The number of carbonyl (C=O) groups is 1. The molecule has 0 bridgehead atoms. The third-order valence-electron chi connectivity index (χ3n) is 4.09. The van der Waals surface area contributed by atoms with Crippen LogP contribution in [0, 0.1) is 0 Å². The molecule has 0 aliphatic carbocycles. The minimum Gasteiger partial charge on any atom is -0.356 e. The quantitative estimate of drug-likeness (QED) is 0.210. The summed E-state index contributed by atoms with van der Waals surface area (Å²) in [5, 5.41) is 2.92. The number of unbranched alkanes of at least 4 members (excludes halogenated alkanes) is 1. The third kappa shape index (κ3) is 23.8. The van der Waals surface area contributed by atoms with Gasteiger partial charge in [-0.1, -0.05) is 79.8 Å². The molecule has 162 valence electrons. The summed E-state index contributed by atoms with van der Waals surface area (Å²) in [6.07, 6.45) is 35.5. The molecule has 3 heteroatoms. The fourth-order valence-electron chi connectivity index (χ4n) is 2.44. The van der Waals surface area contributed by atoms with Gasteiger partial charge in [0.1, 0.15) is 0 Å². The number of amides is 1. The summed E-state index contributed by atoms with van der Waals surface area (Å²) >= 11 is 0. The van der Waals surface area contributed by atoms with Crippen molar-refractivity contribution >= 4 is 5.91 Å². The van der Waals surface area contributed by atoms with Crippen molar-refractivity contribution in [3.8, 4) is 0 Å². The highest BCUT2D eigenvalue weighted by Gasteiger charge is 1.97. The summed E-state index contributed by atoms with van der Waals surface area (Å²) < 4.78 is 0. The standard InChI is InChI=1S/C26H42N2O/c1-2-3-4-5-6-7-8-9-10-11-12-13-14-15-16-17-18-19-20-23-26(29)28-25-22-21-24-27/h3-4,6-7,9-10,12-13,15-16,18-19H,2,5,8,11,14,17,20-25,27H2,1H3,(H,28,29)/b4-3-,7-6-,10-9-,13-12-,16-15-,19-18-. The van der Waals surface area contributed by atoms with E-state index in [-0.39, 0.29) is 5.91 Å². The lowest BCUT2D eigenvalue weighted by Crippen LogP contribution is -2.24. The first-order valence-corrected chi connectivity index (χ1v) is 11.2. The van der Waals surface area contributed by atoms with E-state index in [2.05, 4.69) is 85.2 Å². The normalized spacial score (nSPS) is 12.8. The van der Waals surface area contributed by atoms with E-state index in [1.807, 2.05) is 0 Å². The van der Waals surface area contributed by atoms with Crippen molar-refractivity contribution in [2.24, 2.45) is 5.73 Å². The summed E-state index contributed by atoms with van der Waals surface area (Å²) in [5.74, 6) is 0.126. The molecule has 0 atom stereocenters. The monoisotopic (exact) mass is 398 g/mol. The summed E-state index contributed by atoms with van der Waals surface area (Å²) in [4.78, 5) is 11.6. The molecule has 0 saturated carbocycles. The first-order valence-electron chi connectivity index (χ1n) is 11.2. The van der Waals surface area contributed by atoms with Crippen LogP contribution in [0.25, 0.3) is 0 Å². The van der Waals surface area contributed by atoms with Gasteiger partial charge in [0, 0.05) is 13.0 Å². The lowest BCUT2D eigenvalue weighted by Gasteiger charge is -2.02. The van der Waals surface area contributed by atoms with Gasteiger partial charge >= 0.3 is 0 Å². The van der Waals surface area contributed by atoms with Gasteiger partial charge in [0.25, 0.3) is 0 Å². The van der Waals surface area contributed by atoms with Crippen molar-refractivity contribution in [3.63, 3.8) is 0 Å². The largest absolute Gasteiger partial charge is 0.356 e. The predicted octanol–water partition coefficient (Wildman–Crippen LogP) is 6.32. The number of hydrogen-bond donors (Lipinski definition) is 2. The molecule has 0 aromatic carbocycles. The van der Waals surface area contributed by atoms with Crippen molar-refractivity contribution in [1.82, 2.24) is 5.32 Å². The van der Waals surface area contributed by atoms with Crippen molar-refractivity contribution < 1.29 is 4.79 Å². The average molecular weight is 399 g/mol. The number of carbonyl (C=O) groups excluding carboxylic acids is 1. The Bertz CT molecular complexity index is 539. The van der Waals surface area contributed by atoms with Crippen LogP contribution >= 0.6 is 0 Å². The second kappa shape index (κ2) is 23.9. The second-order valence-electron chi connectivity index (χ2n) is 6.80. The van der Waals surface area contributed by atoms with Gasteiger partial charge in [-0.2, -0.15) is 0 Å². The van der Waals surface area contributed by atoms with E-state index in [1.54, 1.807) is 0 Å². The van der Waals surface area contributed by atoms with E-state index in [0.29, 0.717) is 13.0 Å².